The number of aromatic nitrogens is 1. The molecule has 1 amide bonds. The van der Waals surface area contributed by atoms with Crippen molar-refractivity contribution in [1.29, 1.82) is 0 Å². The van der Waals surface area contributed by atoms with Crippen LogP contribution in [0.2, 0.25) is 0 Å². The normalized spacial score (nSPS) is 11.6. The topological polar surface area (TPSA) is 88.5 Å². The minimum Gasteiger partial charge on any atom is -0.487 e. The molecule has 0 aliphatic carbocycles. The molecule has 0 radical (unpaired) electrons. The number of ether oxygens (including phenoxy) is 1. The number of aryl methyl sites for hydroxylation is 2. The number of pyridine rings is 1. The average Bonchev–Trinajstić information content (AvgIpc) is 2.85. The van der Waals surface area contributed by atoms with Crippen molar-refractivity contribution >= 4 is 23.6 Å². The number of hydrogen-bond acceptors (Lipinski definition) is 5. The highest BCUT2D eigenvalue weighted by Gasteiger charge is 2.23. The van der Waals surface area contributed by atoms with Crippen molar-refractivity contribution in [3.63, 3.8) is 0 Å². The Balaban J connectivity index is 2.02. The summed E-state index contributed by atoms with van der Waals surface area (Å²) in [5.74, 6) is -0.104. The van der Waals surface area contributed by atoms with Gasteiger partial charge in [0.2, 0.25) is 0 Å². The molecular formula is C27H30N2O4S. The number of carbonyl (C=O) groups is 2. The van der Waals surface area contributed by atoms with E-state index < -0.39 is 12.0 Å². The van der Waals surface area contributed by atoms with Crippen molar-refractivity contribution in [3.8, 4) is 16.9 Å². The molecule has 0 spiro atoms. The highest BCUT2D eigenvalue weighted by atomic mass is 32.2. The van der Waals surface area contributed by atoms with Gasteiger partial charge in [0.05, 0.1) is 6.20 Å². The zero-order valence-electron chi connectivity index (χ0n) is 19.7. The molecule has 0 aliphatic heterocycles. The van der Waals surface area contributed by atoms with Gasteiger partial charge in [-0.1, -0.05) is 31.2 Å². The van der Waals surface area contributed by atoms with Gasteiger partial charge in [-0.25, -0.2) is 4.79 Å². The second kappa shape index (κ2) is 12.2. The number of carboxylic acid groups (broad SMARTS) is 1. The third-order valence-corrected chi connectivity index (χ3v) is 6.29. The fourth-order valence-corrected chi connectivity index (χ4v) is 4.23. The predicted molar refractivity (Wildman–Crippen MR) is 136 cm³/mol. The zero-order valence-corrected chi connectivity index (χ0v) is 20.5. The van der Waals surface area contributed by atoms with Crippen LogP contribution in [0.1, 0.15) is 40.4 Å². The lowest BCUT2D eigenvalue weighted by atomic mass is 9.90. The summed E-state index contributed by atoms with van der Waals surface area (Å²) in [4.78, 5) is 29.2. The summed E-state index contributed by atoms with van der Waals surface area (Å²) in [6.07, 6.45) is 6.33. The van der Waals surface area contributed by atoms with E-state index >= 15 is 0 Å². The highest BCUT2D eigenvalue weighted by Crippen LogP contribution is 2.31. The van der Waals surface area contributed by atoms with Gasteiger partial charge in [-0.15, -0.1) is 0 Å². The number of nitrogens with zero attached hydrogens (tertiary/aromatic N) is 1. The molecular weight excluding hydrogens is 448 g/mol. The van der Waals surface area contributed by atoms with Crippen LogP contribution in [-0.4, -0.2) is 40.0 Å². The van der Waals surface area contributed by atoms with Gasteiger partial charge in [0.15, 0.2) is 0 Å². The molecule has 3 rings (SSSR count). The first-order chi connectivity index (χ1) is 16.4. The predicted octanol–water partition coefficient (Wildman–Crippen LogP) is 5.13. The van der Waals surface area contributed by atoms with Crippen LogP contribution in [0.4, 0.5) is 0 Å². The fourth-order valence-electron chi connectivity index (χ4n) is 3.76. The van der Waals surface area contributed by atoms with Crippen LogP contribution < -0.4 is 10.1 Å². The summed E-state index contributed by atoms with van der Waals surface area (Å²) in [7, 11) is 0. The van der Waals surface area contributed by atoms with Crippen LogP contribution in [0, 0.1) is 6.92 Å². The third kappa shape index (κ3) is 6.38. The van der Waals surface area contributed by atoms with Crippen molar-refractivity contribution in [2.24, 2.45) is 0 Å². The summed E-state index contributed by atoms with van der Waals surface area (Å²) in [6.45, 7) is 4.35. The molecule has 0 aliphatic rings. The lowest BCUT2D eigenvalue weighted by molar-refractivity contribution is -0.139. The third-order valence-electron chi connectivity index (χ3n) is 5.64. The monoisotopic (exact) mass is 478 g/mol. The van der Waals surface area contributed by atoms with E-state index in [0.717, 1.165) is 27.8 Å². The molecule has 7 heteroatoms. The van der Waals surface area contributed by atoms with E-state index in [-0.39, 0.29) is 5.91 Å². The Hall–Kier alpha value is -3.32. The average molecular weight is 479 g/mol. The van der Waals surface area contributed by atoms with E-state index in [9.17, 15) is 14.7 Å². The quantitative estimate of drug-likeness (QED) is 0.397. The Bertz CT molecular complexity index is 1130. The maximum absolute atomic E-state index is 13.4. The Morgan fingerprint density at radius 2 is 1.91 bits per heavy atom. The number of carbonyl (C=O) groups excluding carboxylic acids is 1. The fraction of sp³-hybridized carbons (Fsp3) is 0.296. The molecule has 1 heterocycles. The van der Waals surface area contributed by atoms with E-state index in [2.05, 4.69) is 10.3 Å². The van der Waals surface area contributed by atoms with Gasteiger partial charge in [0.25, 0.3) is 5.91 Å². The van der Waals surface area contributed by atoms with Crippen LogP contribution in [0.15, 0.2) is 60.9 Å². The van der Waals surface area contributed by atoms with E-state index in [1.807, 2.05) is 68.6 Å². The van der Waals surface area contributed by atoms with E-state index in [4.69, 9.17) is 4.74 Å². The number of benzene rings is 2. The molecule has 2 N–H and O–H groups in total. The number of nitrogens with one attached hydrogen (secondary N) is 1. The summed E-state index contributed by atoms with van der Waals surface area (Å²) in [6, 6.07) is 14.4. The standard InChI is InChI=1S/C27H30N2O4S/c1-4-19-14-24(26(30)29-25(27(31)32)11-13-34-3)23(22-10-6-5-8-18(22)2)15-20(19)17-33-21-9-7-12-28-16-21/h5-10,12,14-16,25H,4,11,13,17H2,1-3H3,(H,29,30)(H,31,32). The largest absolute Gasteiger partial charge is 0.487 e. The highest BCUT2D eigenvalue weighted by molar-refractivity contribution is 7.98. The number of carboxylic acids is 1. The Morgan fingerprint density at radius 3 is 2.56 bits per heavy atom. The number of aliphatic carboxylic acids is 1. The zero-order chi connectivity index (χ0) is 24.5. The van der Waals surface area contributed by atoms with Crippen LogP contribution in [0.5, 0.6) is 5.75 Å². The van der Waals surface area contributed by atoms with Crippen molar-refractivity contribution in [2.75, 3.05) is 12.0 Å². The molecule has 0 saturated heterocycles. The number of amides is 1. The van der Waals surface area contributed by atoms with Crippen LogP contribution in [0.3, 0.4) is 0 Å². The van der Waals surface area contributed by atoms with Crippen LogP contribution >= 0.6 is 11.8 Å². The molecule has 178 valence electrons. The van der Waals surface area contributed by atoms with E-state index in [1.54, 1.807) is 24.2 Å². The minimum atomic E-state index is -1.03. The molecule has 6 nitrogen and oxygen atoms in total. The second-order valence-corrected chi connectivity index (χ2v) is 8.94. The minimum absolute atomic E-state index is 0.334. The second-order valence-electron chi connectivity index (χ2n) is 7.96. The first kappa shape index (κ1) is 25.3. The van der Waals surface area contributed by atoms with Gasteiger partial charge in [0.1, 0.15) is 18.4 Å². The Kier molecular flexibility index (Phi) is 9.10. The van der Waals surface area contributed by atoms with Gasteiger partial charge >= 0.3 is 5.97 Å². The van der Waals surface area contributed by atoms with Crippen molar-refractivity contribution in [3.05, 3.63) is 83.2 Å². The number of rotatable bonds is 11. The lowest BCUT2D eigenvalue weighted by Crippen LogP contribution is -2.41. The summed E-state index contributed by atoms with van der Waals surface area (Å²) < 4.78 is 5.95. The van der Waals surface area contributed by atoms with Gasteiger partial charge < -0.3 is 15.2 Å². The van der Waals surface area contributed by atoms with Gasteiger partial charge in [0, 0.05) is 11.8 Å². The summed E-state index contributed by atoms with van der Waals surface area (Å²) in [5, 5.41) is 12.3. The summed E-state index contributed by atoms with van der Waals surface area (Å²) >= 11 is 1.55. The Morgan fingerprint density at radius 1 is 1.12 bits per heavy atom. The van der Waals surface area contributed by atoms with Crippen LogP contribution in [0.25, 0.3) is 11.1 Å². The maximum atomic E-state index is 13.4. The first-order valence-corrected chi connectivity index (χ1v) is 12.6. The van der Waals surface area contributed by atoms with Crippen molar-refractivity contribution in [2.45, 2.75) is 39.3 Å². The van der Waals surface area contributed by atoms with Crippen molar-refractivity contribution < 1.29 is 19.4 Å². The number of hydrogen-bond donors (Lipinski definition) is 2. The maximum Gasteiger partial charge on any atom is 0.326 e. The van der Waals surface area contributed by atoms with Gasteiger partial charge in [-0.3, -0.25) is 9.78 Å². The molecule has 0 bridgehead atoms. The van der Waals surface area contributed by atoms with Gasteiger partial charge in [-0.05, 0) is 83.9 Å². The Labute approximate surface area is 204 Å². The van der Waals surface area contributed by atoms with E-state index in [1.165, 1.54) is 0 Å². The van der Waals surface area contributed by atoms with Gasteiger partial charge in [-0.2, -0.15) is 11.8 Å². The smallest absolute Gasteiger partial charge is 0.326 e. The lowest BCUT2D eigenvalue weighted by Gasteiger charge is -2.20. The molecule has 0 saturated carbocycles. The summed E-state index contributed by atoms with van der Waals surface area (Å²) in [5.41, 5.74) is 5.12. The molecule has 3 aromatic rings. The molecule has 1 atom stereocenters. The molecule has 34 heavy (non-hydrogen) atoms. The molecule has 1 unspecified atom stereocenters. The SMILES string of the molecule is CCc1cc(C(=O)NC(CCSC)C(=O)O)c(-c2ccccc2C)cc1COc1cccnc1. The first-order valence-electron chi connectivity index (χ1n) is 11.2. The van der Waals surface area contributed by atoms with Crippen LogP contribution in [-0.2, 0) is 17.8 Å². The molecule has 2 aromatic carbocycles. The molecule has 1 aromatic heterocycles. The van der Waals surface area contributed by atoms with E-state index in [0.29, 0.717) is 36.5 Å². The van der Waals surface area contributed by atoms with Crippen molar-refractivity contribution in [1.82, 2.24) is 10.3 Å². The molecule has 0 fully saturated rings. The number of thioether (sulfide) groups is 1.